The summed E-state index contributed by atoms with van der Waals surface area (Å²) in [5.41, 5.74) is 5.33. The average molecular weight is 264 g/mol. The second-order valence-electron chi connectivity index (χ2n) is 4.74. The highest BCUT2D eigenvalue weighted by molar-refractivity contribution is 5.94. The third kappa shape index (κ3) is 1.95. The van der Waals surface area contributed by atoms with Gasteiger partial charge < -0.3 is 9.55 Å². The Bertz CT molecular complexity index is 772. The van der Waals surface area contributed by atoms with Crippen molar-refractivity contribution in [1.82, 2.24) is 14.5 Å². The van der Waals surface area contributed by atoms with Gasteiger partial charge in [-0.15, -0.1) is 0 Å². The summed E-state index contributed by atoms with van der Waals surface area (Å²) in [6, 6.07) is 6.11. The summed E-state index contributed by atoms with van der Waals surface area (Å²) in [5, 5.41) is 1.11. The van der Waals surface area contributed by atoms with Crippen LogP contribution in [0.5, 0.6) is 0 Å². The van der Waals surface area contributed by atoms with Crippen LogP contribution in [0.15, 0.2) is 48.4 Å². The molecule has 0 bridgehead atoms. The molecule has 3 heterocycles. The topological polar surface area (TPSA) is 46.0 Å². The van der Waals surface area contributed by atoms with Crippen LogP contribution < -0.4 is 0 Å². The van der Waals surface area contributed by atoms with E-state index in [0.29, 0.717) is 0 Å². The van der Waals surface area contributed by atoms with Gasteiger partial charge in [0.05, 0.1) is 0 Å². The average Bonchev–Trinajstić information content (AvgIpc) is 2.99. The van der Waals surface area contributed by atoms with Crippen LogP contribution in [0.3, 0.4) is 0 Å². The van der Waals surface area contributed by atoms with E-state index in [4.69, 9.17) is 0 Å². The van der Waals surface area contributed by atoms with Crippen molar-refractivity contribution < 1.29 is 0 Å². The summed E-state index contributed by atoms with van der Waals surface area (Å²) in [7, 11) is 2.03. The van der Waals surface area contributed by atoms with E-state index in [1.807, 2.05) is 19.3 Å². The second kappa shape index (κ2) is 4.81. The van der Waals surface area contributed by atoms with Gasteiger partial charge in [-0.1, -0.05) is 6.58 Å². The largest absolute Gasteiger partial charge is 0.353 e. The van der Waals surface area contributed by atoms with Crippen LogP contribution >= 0.6 is 0 Å². The number of pyridine rings is 1. The van der Waals surface area contributed by atoms with E-state index in [-0.39, 0.29) is 0 Å². The second-order valence-corrected chi connectivity index (χ2v) is 4.74. The molecule has 0 atom stereocenters. The predicted molar refractivity (Wildman–Crippen MR) is 83.0 cm³/mol. The van der Waals surface area contributed by atoms with Crippen molar-refractivity contribution in [2.75, 3.05) is 0 Å². The Morgan fingerprint density at radius 3 is 3.05 bits per heavy atom. The van der Waals surface area contributed by atoms with Gasteiger partial charge >= 0.3 is 0 Å². The van der Waals surface area contributed by atoms with Crippen LogP contribution in [0.1, 0.15) is 11.3 Å². The number of aryl methyl sites for hydroxylation is 1. The van der Waals surface area contributed by atoms with Gasteiger partial charge in [-0.05, 0) is 25.1 Å². The van der Waals surface area contributed by atoms with Crippen LogP contribution in [0.2, 0.25) is 0 Å². The third-order valence-electron chi connectivity index (χ3n) is 3.52. The smallest absolute Gasteiger partial charge is 0.137 e. The van der Waals surface area contributed by atoms with Crippen molar-refractivity contribution in [2.24, 2.45) is 12.0 Å². The molecule has 0 fully saturated rings. The Labute approximate surface area is 117 Å². The lowest BCUT2D eigenvalue weighted by Gasteiger charge is -1.97. The maximum absolute atomic E-state index is 4.34. The SMILES string of the molecule is C=CN=Cc1c(-c2cc3cccnc3[nH]2)cn(C)c1C. The fourth-order valence-corrected chi connectivity index (χ4v) is 2.35. The zero-order valence-corrected chi connectivity index (χ0v) is 11.6. The first-order chi connectivity index (χ1) is 9.70. The highest BCUT2D eigenvalue weighted by atomic mass is 14.9. The summed E-state index contributed by atoms with van der Waals surface area (Å²) < 4.78 is 2.10. The number of rotatable bonds is 3. The fraction of sp³-hybridized carbons (Fsp3) is 0.125. The third-order valence-corrected chi connectivity index (χ3v) is 3.52. The van der Waals surface area contributed by atoms with Gasteiger partial charge in [-0.2, -0.15) is 0 Å². The summed E-state index contributed by atoms with van der Waals surface area (Å²) in [6.07, 6.45) is 7.28. The molecule has 0 unspecified atom stereocenters. The van der Waals surface area contributed by atoms with Gasteiger partial charge in [0, 0.05) is 59.8 Å². The molecule has 0 radical (unpaired) electrons. The van der Waals surface area contributed by atoms with E-state index in [9.17, 15) is 0 Å². The van der Waals surface area contributed by atoms with E-state index < -0.39 is 0 Å². The summed E-state index contributed by atoms with van der Waals surface area (Å²) >= 11 is 0. The molecular formula is C16H16N4. The predicted octanol–water partition coefficient (Wildman–Crippen LogP) is 3.44. The molecule has 100 valence electrons. The van der Waals surface area contributed by atoms with E-state index in [1.54, 1.807) is 12.4 Å². The van der Waals surface area contributed by atoms with Crippen LogP contribution in [0, 0.1) is 6.92 Å². The zero-order valence-electron chi connectivity index (χ0n) is 11.6. The molecular weight excluding hydrogens is 248 g/mol. The van der Waals surface area contributed by atoms with Crippen molar-refractivity contribution >= 4 is 17.2 Å². The van der Waals surface area contributed by atoms with Crippen molar-refractivity contribution in [3.05, 3.63) is 54.6 Å². The van der Waals surface area contributed by atoms with E-state index in [0.717, 1.165) is 33.5 Å². The maximum atomic E-state index is 4.34. The molecule has 0 saturated carbocycles. The normalized spacial score (nSPS) is 11.5. The van der Waals surface area contributed by atoms with Crippen molar-refractivity contribution in [1.29, 1.82) is 0 Å². The van der Waals surface area contributed by atoms with Crippen LogP contribution in [-0.2, 0) is 7.05 Å². The van der Waals surface area contributed by atoms with E-state index in [1.165, 1.54) is 0 Å². The molecule has 0 spiro atoms. The first-order valence-corrected chi connectivity index (χ1v) is 6.45. The maximum Gasteiger partial charge on any atom is 0.137 e. The number of hydrogen-bond donors (Lipinski definition) is 1. The molecule has 3 rings (SSSR count). The Morgan fingerprint density at radius 1 is 1.45 bits per heavy atom. The minimum atomic E-state index is 0.899. The monoisotopic (exact) mass is 264 g/mol. The number of nitrogens with one attached hydrogen (secondary N) is 1. The Morgan fingerprint density at radius 2 is 2.30 bits per heavy atom. The minimum absolute atomic E-state index is 0.899. The summed E-state index contributed by atoms with van der Waals surface area (Å²) in [5.74, 6) is 0. The molecule has 20 heavy (non-hydrogen) atoms. The van der Waals surface area contributed by atoms with Crippen LogP contribution in [-0.4, -0.2) is 20.7 Å². The van der Waals surface area contributed by atoms with Gasteiger partial charge in [0.25, 0.3) is 0 Å². The number of aromatic amines is 1. The number of H-pyrrole nitrogens is 1. The molecule has 3 aromatic rings. The number of nitrogens with zero attached hydrogens (tertiary/aromatic N) is 3. The van der Waals surface area contributed by atoms with Gasteiger partial charge in [0.2, 0.25) is 0 Å². The molecule has 0 aliphatic rings. The molecule has 0 aliphatic carbocycles. The molecule has 0 aromatic carbocycles. The fourth-order valence-electron chi connectivity index (χ4n) is 2.35. The van der Waals surface area contributed by atoms with Gasteiger partial charge in [0.15, 0.2) is 0 Å². The van der Waals surface area contributed by atoms with Crippen molar-refractivity contribution in [2.45, 2.75) is 6.92 Å². The van der Waals surface area contributed by atoms with Crippen molar-refractivity contribution in [3.8, 4) is 11.3 Å². The van der Waals surface area contributed by atoms with E-state index >= 15 is 0 Å². The van der Waals surface area contributed by atoms with Gasteiger partial charge in [-0.25, -0.2) is 4.98 Å². The summed E-state index contributed by atoms with van der Waals surface area (Å²) in [6.45, 7) is 5.71. The number of fused-ring (bicyclic) bond motifs is 1. The molecule has 1 N–H and O–H groups in total. The quantitative estimate of drug-likeness (QED) is 0.724. The molecule has 4 nitrogen and oxygen atoms in total. The number of aromatic nitrogens is 3. The standard InChI is InChI=1S/C16H16N4/c1-4-17-9-13-11(2)20(3)10-14(13)15-8-12-6-5-7-18-16(12)19-15/h4-10H,1H2,2-3H3,(H,18,19). The van der Waals surface area contributed by atoms with Gasteiger partial charge in [0.1, 0.15) is 5.65 Å². The van der Waals surface area contributed by atoms with Crippen LogP contribution in [0.25, 0.3) is 22.3 Å². The summed E-state index contributed by atoms with van der Waals surface area (Å²) in [4.78, 5) is 11.8. The Kier molecular flexibility index (Phi) is 2.99. The minimum Gasteiger partial charge on any atom is -0.353 e. The lowest BCUT2D eigenvalue weighted by Crippen LogP contribution is -1.90. The Balaban J connectivity index is 2.20. The lowest BCUT2D eigenvalue weighted by atomic mass is 10.1. The first kappa shape index (κ1) is 12.4. The van der Waals surface area contributed by atoms with Gasteiger partial charge in [-0.3, -0.25) is 4.99 Å². The number of aliphatic imine (C=N–C) groups is 1. The molecule has 4 heteroatoms. The number of hydrogen-bond acceptors (Lipinski definition) is 2. The first-order valence-electron chi connectivity index (χ1n) is 6.45. The molecule has 0 saturated heterocycles. The zero-order chi connectivity index (χ0) is 14.1. The lowest BCUT2D eigenvalue weighted by molar-refractivity contribution is 0.881. The molecule has 0 amide bonds. The van der Waals surface area contributed by atoms with Crippen molar-refractivity contribution in [3.63, 3.8) is 0 Å². The van der Waals surface area contributed by atoms with Crippen LogP contribution in [0.4, 0.5) is 0 Å². The molecule has 0 aliphatic heterocycles. The van der Waals surface area contributed by atoms with E-state index in [2.05, 4.69) is 51.4 Å². The highest BCUT2D eigenvalue weighted by Crippen LogP contribution is 2.28. The Hall–Kier alpha value is -2.62. The highest BCUT2D eigenvalue weighted by Gasteiger charge is 2.13. The molecule has 3 aromatic heterocycles.